The number of amides is 1. The third-order valence-corrected chi connectivity index (χ3v) is 3.23. The monoisotopic (exact) mass is 312 g/mol. The Morgan fingerprint density at radius 3 is 3.06 bits per heavy atom. The molecule has 2 rings (SSSR count). The summed E-state index contributed by atoms with van der Waals surface area (Å²) in [6.07, 6.45) is 1.98. The maximum atomic E-state index is 11.8. The molecule has 1 aliphatic heterocycles. The van der Waals surface area contributed by atoms with Crippen LogP contribution in [-0.2, 0) is 9.53 Å². The molecule has 1 unspecified atom stereocenters. The van der Waals surface area contributed by atoms with E-state index in [1.165, 1.54) is 4.90 Å². The van der Waals surface area contributed by atoms with Crippen LogP contribution in [-0.4, -0.2) is 34.8 Å². The lowest BCUT2D eigenvalue weighted by Crippen LogP contribution is -2.28. The summed E-state index contributed by atoms with van der Waals surface area (Å²) in [5.74, 6) is -0.115. The number of anilines is 1. The van der Waals surface area contributed by atoms with E-state index in [4.69, 9.17) is 4.74 Å². The van der Waals surface area contributed by atoms with E-state index in [-0.39, 0.29) is 10.7 Å². The molecule has 0 aromatic carbocycles. The van der Waals surface area contributed by atoms with E-state index in [0.29, 0.717) is 31.0 Å². The fourth-order valence-corrected chi connectivity index (χ4v) is 2.42. The molecule has 0 N–H and O–H groups in total. The minimum absolute atomic E-state index is 0.0406. The number of carbonyl (C=O) groups is 2. The van der Waals surface area contributed by atoms with Gasteiger partial charge in [-0.1, -0.05) is 15.9 Å². The second-order valence-corrected chi connectivity index (χ2v) is 5.20. The van der Waals surface area contributed by atoms with Crippen molar-refractivity contribution in [2.75, 3.05) is 18.1 Å². The normalized spacial score (nSPS) is 19.1. The molecule has 0 bridgehead atoms. The molecule has 18 heavy (non-hydrogen) atoms. The van der Waals surface area contributed by atoms with E-state index in [2.05, 4.69) is 20.9 Å². The van der Waals surface area contributed by atoms with Crippen molar-refractivity contribution in [3.05, 3.63) is 23.9 Å². The van der Waals surface area contributed by atoms with E-state index in [9.17, 15) is 9.59 Å². The first-order valence-corrected chi connectivity index (χ1v) is 6.61. The van der Waals surface area contributed by atoms with Gasteiger partial charge in [-0.3, -0.25) is 9.69 Å². The summed E-state index contributed by atoms with van der Waals surface area (Å²) >= 11 is 3.40. The van der Waals surface area contributed by atoms with E-state index in [1.807, 2.05) is 0 Å². The van der Waals surface area contributed by atoms with Crippen LogP contribution in [0.1, 0.15) is 23.7 Å². The SMILES string of the molecule is CCOC(=O)c1cccnc1N1CC(Br)CC1=O. The maximum absolute atomic E-state index is 11.8. The summed E-state index contributed by atoms with van der Waals surface area (Å²) in [7, 11) is 0. The Morgan fingerprint density at radius 1 is 1.67 bits per heavy atom. The quantitative estimate of drug-likeness (QED) is 0.630. The van der Waals surface area contributed by atoms with Gasteiger partial charge < -0.3 is 4.74 Å². The first-order chi connectivity index (χ1) is 8.63. The summed E-state index contributed by atoms with van der Waals surface area (Å²) in [5.41, 5.74) is 0.328. The van der Waals surface area contributed by atoms with E-state index >= 15 is 0 Å². The number of ether oxygens (including phenoxy) is 1. The standard InChI is InChI=1S/C12H13BrN2O3/c1-2-18-12(17)9-4-3-5-14-11(9)15-7-8(13)6-10(15)16/h3-5,8H,2,6-7H2,1H3. The lowest BCUT2D eigenvalue weighted by atomic mass is 10.2. The third-order valence-electron chi connectivity index (χ3n) is 2.62. The predicted molar refractivity (Wildman–Crippen MR) is 69.9 cm³/mol. The molecule has 1 aromatic heterocycles. The van der Waals surface area contributed by atoms with Crippen molar-refractivity contribution < 1.29 is 14.3 Å². The first-order valence-electron chi connectivity index (χ1n) is 5.70. The molecule has 5 nitrogen and oxygen atoms in total. The van der Waals surface area contributed by atoms with Gasteiger partial charge in [-0.25, -0.2) is 9.78 Å². The first kappa shape index (κ1) is 13.0. The summed E-state index contributed by atoms with van der Waals surface area (Å²) in [6, 6.07) is 3.27. The van der Waals surface area contributed by atoms with E-state index in [1.54, 1.807) is 25.3 Å². The summed E-state index contributed by atoms with van der Waals surface area (Å²) in [4.78, 5) is 29.4. The molecule has 1 amide bonds. The van der Waals surface area contributed by atoms with E-state index in [0.717, 1.165) is 0 Å². The van der Waals surface area contributed by atoms with Crippen LogP contribution in [0.3, 0.4) is 0 Å². The van der Waals surface area contributed by atoms with Crippen LogP contribution >= 0.6 is 15.9 Å². The zero-order valence-electron chi connectivity index (χ0n) is 9.93. The Bertz CT molecular complexity index is 478. The number of hydrogen-bond donors (Lipinski definition) is 0. The number of carbonyl (C=O) groups excluding carboxylic acids is 2. The highest BCUT2D eigenvalue weighted by atomic mass is 79.9. The van der Waals surface area contributed by atoms with Gasteiger partial charge in [0.25, 0.3) is 0 Å². The fourth-order valence-electron chi connectivity index (χ4n) is 1.85. The van der Waals surface area contributed by atoms with Crippen LogP contribution in [0.2, 0.25) is 0 Å². The van der Waals surface area contributed by atoms with E-state index < -0.39 is 5.97 Å². The Kier molecular flexibility index (Phi) is 3.96. The minimum Gasteiger partial charge on any atom is -0.462 e. The average molecular weight is 313 g/mol. The van der Waals surface area contributed by atoms with Crippen LogP contribution in [0, 0.1) is 0 Å². The number of rotatable bonds is 3. The minimum atomic E-state index is -0.452. The van der Waals surface area contributed by atoms with Crippen LogP contribution in [0.25, 0.3) is 0 Å². The average Bonchev–Trinajstić information content (AvgIpc) is 2.69. The summed E-state index contributed by atoms with van der Waals surface area (Å²) < 4.78 is 4.96. The van der Waals surface area contributed by atoms with Crippen molar-refractivity contribution in [3.63, 3.8) is 0 Å². The smallest absolute Gasteiger partial charge is 0.341 e. The highest BCUT2D eigenvalue weighted by Crippen LogP contribution is 2.26. The maximum Gasteiger partial charge on any atom is 0.341 e. The van der Waals surface area contributed by atoms with Gasteiger partial charge in [-0.15, -0.1) is 0 Å². The van der Waals surface area contributed by atoms with Crippen molar-refractivity contribution in [2.45, 2.75) is 18.2 Å². The van der Waals surface area contributed by atoms with Crippen LogP contribution in [0.4, 0.5) is 5.82 Å². The highest BCUT2D eigenvalue weighted by Gasteiger charge is 2.32. The fraction of sp³-hybridized carbons (Fsp3) is 0.417. The molecule has 2 heterocycles. The molecule has 0 aliphatic carbocycles. The number of hydrogen-bond acceptors (Lipinski definition) is 4. The summed E-state index contributed by atoms with van der Waals surface area (Å²) in [6.45, 7) is 2.55. The molecule has 6 heteroatoms. The lowest BCUT2D eigenvalue weighted by Gasteiger charge is -2.17. The second kappa shape index (κ2) is 5.48. The van der Waals surface area contributed by atoms with Crippen LogP contribution in [0.15, 0.2) is 18.3 Å². The second-order valence-electron chi connectivity index (χ2n) is 3.90. The van der Waals surface area contributed by atoms with Crippen molar-refractivity contribution in [2.24, 2.45) is 0 Å². The topological polar surface area (TPSA) is 59.5 Å². The number of nitrogens with zero attached hydrogens (tertiary/aromatic N) is 2. The molecule has 1 fully saturated rings. The van der Waals surface area contributed by atoms with Crippen molar-refractivity contribution in [1.82, 2.24) is 4.98 Å². The number of aromatic nitrogens is 1. The van der Waals surface area contributed by atoms with Gasteiger partial charge in [0.15, 0.2) is 0 Å². The molecular formula is C12H13BrN2O3. The zero-order chi connectivity index (χ0) is 13.1. The molecular weight excluding hydrogens is 300 g/mol. The largest absolute Gasteiger partial charge is 0.462 e. The molecule has 1 atom stereocenters. The van der Waals surface area contributed by atoms with Gasteiger partial charge in [-0.05, 0) is 19.1 Å². The predicted octanol–water partition coefficient (Wildman–Crippen LogP) is 1.76. The van der Waals surface area contributed by atoms with Crippen molar-refractivity contribution in [1.29, 1.82) is 0 Å². The van der Waals surface area contributed by atoms with Crippen LogP contribution < -0.4 is 4.90 Å². The van der Waals surface area contributed by atoms with Gasteiger partial charge in [0.05, 0.1) is 6.61 Å². The zero-order valence-corrected chi connectivity index (χ0v) is 11.5. The summed E-state index contributed by atoms with van der Waals surface area (Å²) in [5, 5.41) is 0. The molecule has 1 saturated heterocycles. The molecule has 0 radical (unpaired) electrons. The molecule has 1 aromatic rings. The number of pyridine rings is 1. The Morgan fingerprint density at radius 2 is 2.44 bits per heavy atom. The van der Waals surface area contributed by atoms with Crippen LogP contribution in [0.5, 0.6) is 0 Å². The lowest BCUT2D eigenvalue weighted by molar-refractivity contribution is -0.117. The van der Waals surface area contributed by atoms with Gasteiger partial charge in [0.2, 0.25) is 5.91 Å². The third kappa shape index (κ3) is 2.53. The molecule has 96 valence electrons. The van der Waals surface area contributed by atoms with Gasteiger partial charge in [-0.2, -0.15) is 0 Å². The Balaban J connectivity index is 2.33. The molecule has 0 spiro atoms. The highest BCUT2D eigenvalue weighted by molar-refractivity contribution is 9.09. The molecule has 0 saturated carbocycles. The number of halogens is 1. The number of alkyl halides is 1. The molecule has 1 aliphatic rings. The van der Waals surface area contributed by atoms with Gasteiger partial charge in [0, 0.05) is 24.0 Å². The van der Waals surface area contributed by atoms with Crippen molar-refractivity contribution >= 4 is 33.6 Å². The Hall–Kier alpha value is -1.43. The Labute approximate surface area is 113 Å². The van der Waals surface area contributed by atoms with Gasteiger partial charge in [0.1, 0.15) is 11.4 Å². The van der Waals surface area contributed by atoms with Gasteiger partial charge >= 0.3 is 5.97 Å². The van der Waals surface area contributed by atoms with Crippen molar-refractivity contribution in [3.8, 4) is 0 Å². The number of esters is 1.